The lowest BCUT2D eigenvalue weighted by molar-refractivity contribution is 0.0937. The van der Waals surface area contributed by atoms with Gasteiger partial charge in [0.25, 0.3) is 6.43 Å². The van der Waals surface area contributed by atoms with Gasteiger partial charge in [0.15, 0.2) is 5.78 Å². The van der Waals surface area contributed by atoms with Crippen molar-refractivity contribution in [2.24, 2.45) is 0 Å². The summed E-state index contributed by atoms with van der Waals surface area (Å²) >= 11 is 0. The van der Waals surface area contributed by atoms with Crippen molar-refractivity contribution in [2.75, 3.05) is 20.1 Å². The summed E-state index contributed by atoms with van der Waals surface area (Å²) in [6.45, 7) is 0.280. The molecular weight excluding hydrogens is 224 g/mol. The van der Waals surface area contributed by atoms with Crippen LogP contribution in [0.25, 0.3) is 0 Å². The van der Waals surface area contributed by atoms with Crippen LogP contribution in [0.2, 0.25) is 0 Å². The number of alkyl halides is 2. The van der Waals surface area contributed by atoms with Gasteiger partial charge in [0.05, 0.1) is 6.54 Å². The molecule has 0 aliphatic carbocycles. The molecule has 2 nitrogen and oxygen atoms in total. The van der Waals surface area contributed by atoms with Crippen LogP contribution >= 0.6 is 0 Å². The van der Waals surface area contributed by atoms with E-state index >= 15 is 0 Å². The second-order valence-electron chi connectivity index (χ2n) is 4.05. The van der Waals surface area contributed by atoms with Gasteiger partial charge in [-0.1, -0.05) is 30.3 Å². The molecule has 0 fully saturated rings. The molecule has 0 bridgehead atoms. The van der Waals surface area contributed by atoms with Crippen molar-refractivity contribution in [2.45, 2.75) is 19.3 Å². The molecule has 0 aromatic heterocycles. The summed E-state index contributed by atoms with van der Waals surface area (Å²) in [4.78, 5) is 13.2. The average Bonchev–Trinajstić information content (AvgIpc) is 2.29. The molecule has 0 amide bonds. The fourth-order valence-corrected chi connectivity index (χ4v) is 1.60. The first kappa shape index (κ1) is 13.8. The van der Waals surface area contributed by atoms with E-state index < -0.39 is 6.43 Å². The van der Waals surface area contributed by atoms with Crippen molar-refractivity contribution in [3.63, 3.8) is 0 Å². The number of Topliss-reactive ketones (excluding diaryl/α,β-unsaturated/α-hetero) is 1. The van der Waals surface area contributed by atoms with E-state index in [1.807, 2.05) is 18.2 Å². The Bertz CT molecular complexity index is 341. The Labute approximate surface area is 100 Å². The fraction of sp³-hybridized carbons (Fsp3) is 0.462. The monoisotopic (exact) mass is 241 g/mol. The van der Waals surface area contributed by atoms with E-state index in [-0.39, 0.29) is 12.3 Å². The number of benzene rings is 1. The van der Waals surface area contributed by atoms with Crippen molar-refractivity contribution in [1.82, 2.24) is 4.90 Å². The van der Waals surface area contributed by atoms with Crippen molar-refractivity contribution in [3.8, 4) is 0 Å². The average molecular weight is 241 g/mol. The van der Waals surface area contributed by atoms with Crippen LogP contribution in [0.1, 0.15) is 23.2 Å². The molecular formula is C13H17F2NO. The number of halogens is 2. The van der Waals surface area contributed by atoms with Crippen molar-refractivity contribution in [3.05, 3.63) is 35.9 Å². The third-order valence-corrected chi connectivity index (χ3v) is 2.49. The van der Waals surface area contributed by atoms with Crippen molar-refractivity contribution in [1.29, 1.82) is 0 Å². The van der Waals surface area contributed by atoms with Gasteiger partial charge in [-0.15, -0.1) is 0 Å². The van der Waals surface area contributed by atoms with Gasteiger partial charge in [0.2, 0.25) is 0 Å². The number of carbonyl (C=O) groups excluding carboxylic acids is 1. The Morgan fingerprint density at radius 2 is 1.94 bits per heavy atom. The predicted octanol–water partition coefficient (Wildman–Crippen LogP) is 2.85. The standard InChI is InChI=1S/C13H17F2NO/c1-16(10-13(14)15)9-5-8-12(17)11-6-3-2-4-7-11/h2-4,6-7,13H,5,8-10H2,1H3. The van der Waals surface area contributed by atoms with Crippen molar-refractivity contribution < 1.29 is 13.6 Å². The smallest absolute Gasteiger partial charge is 0.251 e. The van der Waals surface area contributed by atoms with Crippen LogP contribution in [0.5, 0.6) is 0 Å². The van der Waals surface area contributed by atoms with Crippen LogP contribution in [0, 0.1) is 0 Å². The number of hydrogen-bond donors (Lipinski definition) is 0. The van der Waals surface area contributed by atoms with E-state index in [1.165, 1.54) is 0 Å². The summed E-state index contributed by atoms with van der Waals surface area (Å²) in [6.07, 6.45) is -1.31. The number of carbonyl (C=O) groups is 1. The minimum atomic E-state index is -2.31. The predicted molar refractivity (Wildman–Crippen MR) is 63.5 cm³/mol. The maximum atomic E-state index is 12.0. The maximum absolute atomic E-state index is 12.0. The lowest BCUT2D eigenvalue weighted by Crippen LogP contribution is -2.26. The number of hydrogen-bond acceptors (Lipinski definition) is 2. The largest absolute Gasteiger partial charge is 0.301 e. The molecule has 0 heterocycles. The van der Waals surface area contributed by atoms with Crippen LogP contribution in [0.4, 0.5) is 8.78 Å². The highest BCUT2D eigenvalue weighted by Crippen LogP contribution is 2.06. The van der Waals surface area contributed by atoms with Crippen LogP contribution in [-0.4, -0.2) is 37.2 Å². The highest BCUT2D eigenvalue weighted by molar-refractivity contribution is 5.95. The zero-order valence-electron chi connectivity index (χ0n) is 9.90. The molecule has 1 aromatic carbocycles. The van der Waals surface area contributed by atoms with E-state index in [1.54, 1.807) is 24.1 Å². The lowest BCUT2D eigenvalue weighted by Gasteiger charge is -2.15. The van der Waals surface area contributed by atoms with Gasteiger partial charge >= 0.3 is 0 Å². The van der Waals surface area contributed by atoms with Crippen LogP contribution in [0.3, 0.4) is 0 Å². The topological polar surface area (TPSA) is 20.3 Å². The molecule has 0 spiro atoms. The van der Waals surface area contributed by atoms with Gasteiger partial charge in [-0.2, -0.15) is 0 Å². The van der Waals surface area contributed by atoms with Gasteiger partial charge in [0, 0.05) is 12.0 Å². The third-order valence-electron chi connectivity index (χ3n) is 2.49. The zero-order chi connectivity index (χ0) is 12.7. The summed E-state index contributed by atoms with van der Waals surface area (Å²) in [6, 6.07) is 9.02. The van der Waals surface area contributed by atoms with Crippen LogP contribution in [-0.2, 0) is 0 Å². The number of nitrogens with zero attached hydrogens (tertiary/aromatic N) is 1. The molecule has 1 rings (SSSR count). The summed E-state index contributed by atoms with van der Waals surface area (Å²) in [7, 11) is 1.64. The molecule has 4 heteroatoms. The Hall–Kier alpha value is -1.29. The number of rotatable bonds is 7. The van der Waals surface area contributed by atoms with Gasteiger partial charge in [-0.3, -0.25) is 4.79 Å². The molecule has 1 aromatic rings. The molecule has 0 atom stereocenters. The molecule has 0 N–H and O–H groups in total. The van der Waals surface area contributed by atoms with Gasteiger partial charge in [-0.25, -0.2) is 8.78 Å². The SMILES string of the molecule is CN(CCCC(=O)c1ccccc1)CC(F)F. The molecule has 0 aliphatic rings. The molecule has 0 aliphatic heterocycles. The van der Waals surface area contributed by atoms with Crippen molar-refractivity contribution >= 4 is 5.78 Å². The molecule has 0 unspecified atom stereocenters. The van der Waals surface area contributed by atoms with Crippen LogP contribution in [0.15, 0.2) is 30.3 Å². The highest BCUT2D eigenvalue weighted by Gasteiger charge is 2.09. The second-order valence-corrected chi connectivity index (χ2v) is 4.05. The Kier molecular flexibility index (Phi) is 5.77. The Morgan fingerprint density at radius 1 is 1.29 bits per heavy atom. The fourth-order valence-electron chi connectivity index (χ4n) is 1.60. The number of ketones is 1. The van der Waals surface area contributed by atoms with E-state index in [9.17, 15) is 13.6 Å². The van der Waals surface area contributed by atoms with E-state index in [4.69, 9.17) is 0 Å². The summed E-state index contributed by atoms with van der Waals surface area (Å²) in [5.74, 6) is 0.0658. The normalized spacial score (nSPS) is 11.1. The van der Waals surface area contributed by atoms with Gasteiger partial charge < -0.3 is 4.90 Å². The van der Waals surface area contributed by atoms with E-state index in [0.29, 0.717) is 24.9 Å². The van der Waals surface area contributed by atoms with Gasteiger partial charge in [-0.05, 0) is 20.0 Å². The molecule has 0 saturated carbocycles. The second kappa shape index (κ2) is 7.12. The minimum Gasteiger partial charge on any atom is -0.301 e. The highest BCUT2D eigenvalue weighted by atomic mass is 19.3. The minimum absolute atomic E-state index is 0.0658. The first-order valence-electron chi connectivity index (χ1n) is 5.64. The molecule has 0 radical (unpaired) electrons. The van der Waals surface area contributed by atoms with E-state index in [2.05, 4.69) is 0 Å². The summed E-state index contributed by atoms with van der Waals surface area (Å²) in [5, 5.41) is 0. The summed E-state index contributed by atoms with van der Waals surface area (Å²) in [5.41, 5.74) is 0.684. The lowest BCUT2D eigenvalue weighted by atomic mass is 10.1. The first-order chi connectivity index (χ1) is 8.09. The van der Waals surface area contributed by atoms with E-state index in [0.717, 1.165) is 0 Å². The first-order valence-corrected chi connectivity index (χ1v) is 5.64. The molecule has 94 valence electrons. The maximum Gasteiger partial charge on any atom is 0.251 e. The Morgan fingerprint density at radius 3 is 2.53 bits per heavy atom. The molecule has 17 heavy (non-hydrogen) atoms. The zero-order valence-corrected chi connectivity index (χ0v) is 9.90. The summed E-state index contributed by atoms with van der Waals surface area (Å²) < 4.78 is 24.1. The Balaban J connectivity index is 2.25. The third kappa shape index (κ3) is 5.54. The molecule has 0 saturated heterocycles. The van der Waals surface area contributed by atoms with Gasteiger partial charge in [0.1, 0.15) is 0 Å². The van der Waals surface area contributed by atoms with Crippen LogP contribution < -0.4 is 0 Å². The quantitative estimate of drug-likeness (QED) is 0.684.